The van der Waals surface area contributed by atoms with Gasteiger partial charge in [-0.25, -0.2) is 4.98 Å². The molecule has 3 nitrogen and oxygen atoms in total. The van der Waals surface area contributed by atoms with Gasteiger partial charge in [-0.15, -0.1) is 0 Å². The largest absolute Gasteiger partial charge is 0.353 e. The fourth-order valence-electron chi connectivity index (χ4n) is 2.46. The Morgan fingerprint density at radius 1 is 1.19 bits per heavy atom. The van der Waals surface area contributed by atoms with Gasteiger partial charge in [0.1, 0.15) is 17.0 Å². The Morgan fingerprint density at radius 2 is 2.00 bits per heavy atom. The highest BCUT2D eigenvalue weighted by Crippen LogP contribution is 2.31. The number of anilines is 1. The molecule has 0 radical (unpaired) electrons. The minimum absolute atomic E-state index is 0.267. The first-order chi connectivity index (χ1) is 10.3. The third-order valence-electron chi connectivity index (χ3n) is 3.54. The van der Waals surface area contributed by atoms with E-state index in [1.807, 2.05) is 36.4 Å². The quantitative estimate of drug-likeness (QED) is 0.620. The molecule has 0 saturated heterocycles. The Morgan fingerprint density at radius 3 is 2.67 bits per heavy atom. The van der Waals surface area contributed by atoms with Gasteiger partial charge in [0.25, 0.3) is 0 Å². The average Bonchev–Trinajstić information content (AvgIpc) is 2.55. The van der Waals surface area contributed by atoms with Crippen molar-refractivity contribution in [1.82, 2.24) is 4.98 Å². The summed E-state index contributed by atoms with van der Waals surface area (Å²) < 4.78 is 0. The normalized spacial score (nSPS) is 14.0. The van der Waals surface area contributed by atoms with E-state index in [9.17, 15) is 5.26 Å². The van der Waals surface area contributed by atoms with Gasteiger partial charge in [-0.1, -0.05) is 54.1 Å². The van der Waals surface area contributed by atoms with E-state index in [0.717, 1.165) is 36.5 Å². The van der Waals surface area contributed by atoms with Crippen LogP contribution >= 0.6 is 11.6 Å². The van der Waals surface area contributed by atoms with Crippen molar-refractivity contribution >= 4 is 17.4 Å². The van der Waals surface area contributed by atoms with Crippen molar-refractivity contribution < 1.29 is 0 Å². The fourth-order valence-corrected chi connectivity index (χ4v) is 2.69. The molecule has 104 valence electrons. The molecule has 1 aromatic heterocycles. The zero-order chi connectivity index (χ0) is 14.7. The highest BCUT2D eigenvalue weighted by atomic mass is 35.5. The van der Waals surface area contributed by atoms with Crippen LogP contribution in [-0.2, 0) is 0 Å². The number of nitrogens with zero attached hydrogens (tertiary/aromatic N) is 3. The molecule has 0 aliphatic carbocycles. The fraction of sp³-hybridized carbons (Fsp3) is 0.176. The highest BCUT2D eigenvalue weighted by molar-refractivity contribution is 6.31. The molecule has 2 heterocycles. The lowest BCUT2D eigenvalue weighted by atomic mass is 10.0. The van der Waals surface area contributed by atoms with E-state index in [1.165, 1.54) is 0 Å². The Bertz CT molecular complexity index is 717. The topological polar surface area (TPSA) is 39.9 Å². The van der Waals surface area contributed by atoms with Crippen molar-refractivity contribution in [2.24, 2.45) is 0 Å². The standard InChI is InChI=1S/C17H14ClN3/c18-17-15(12-19)14(13-7-3-1-4-8-13)11-16(20-17)21-9-5-2-6-10-21/h1-5,7-8,11H,6,9-10H2. The molecule has 0 bridgehead atoms. The van der Waals surface area contributed by atoms with Crippen LogP contribution in [0.2, 0.25) is 5.15 Å². The summed E-state index contributed by atoms with van der Waals surface area (Å²) in [5.41, 5.74) is 2.24. The van der Waals surface area contributed by atoms with Crippen LogP contribution < -0.4 is 4.90 Å². The van der Waals surface area contributed by atoms with Crippen LogP contribution in [0.3, 0.4) is 0 Å². The molecular weight excluding hydrogens is 282 g/mol. The summed E-state index contributed by atoms with van der Waals surface area (Å²) in [4.78, 5) is 6.55. The van der Waals surface area contributed by atoms with Crippen LogP contribution in [0.25, 0.3) is 11.1 Å². The minimum Gasteiger partial charge on any atom is -0.353 e. The first kappa shape index (κ1) is 13.7. The van der Waals surface area contributed by atoms with Gasteiger partial charge in [-0.2, -0.15) is 5.26 Å². The molecule has 0 saturated carbocycles. The molecule has 0 unspecified atom stereocenters. The van der Waals surface area contributed by atoms with E-state index >= 15 is 0 Å². The second kappa shape index (κ2) is 5.99. The van der Waals surface area contributed by atoms with Gasteiger partial charge in [0.15, 0.2) is 0 Å². The summed E-state index contributed by atoms with van der Waals surface area (Å²) in [6.45, 7) is 1.74. The Balaban J connectivity index is 2.11. The zero-order valence-corrected chi connectivity index (χ0v) is 12.2. The highest BCUT2D eigenvalue weighted by Gasteiger charge is 2.16. The monoisotopic (exact) mass is 295 g/mol. The van der Waals surface area contributed by atoms with Gasteiger partial charge in [0.2, 0.25) is 0 Å². The number of benzene rings is 1. The van der Waals surface area contributed by atoms with Crippen LogP contribution in [0.4, 0.5) is 5.82 Å². The molecule has 21 heavy (non-hydrogen) atoms. The van der Waals surface area contributed by atoms with Crippen LogP contribution in [-0.4, -0.2) is 18.1 Å². The molecular formula is C17H14ClN3. The maximum atomic E-state index is 9.36. The molecule has 2 aromatic rings. The number of halogens is 1. The number of aromatic nitrogens is 1. The van der Waals surface area contributed by atoms with Crippen molar-refractivity contribution in [3.05, 3.63) is 59.3 Å². The smallest absolute Gasteiger partial charge is 0.149 e. The zero-order valence-electron chi connectivity index (χ0n) is 11.5. The number of pyridine rings is 1. The van der Waals surface area contributed by atoms with Gasteiger partial charge in [0.05, 0.1) is 5.56 Å². The van der Waals surface area contributed by atoms with Gasteiger partial charge in [-0.3, -0.25) is 0 Å². The lowest BCUT2D eigenvalue weighted by Gasteiger charge is -2.25. The van der Waals surface area contributed by atoms with Gasteiger partial charge in [-0.05, 0) is 18.1 Å². The number of rotatable bonds is 2. The average molecular weight is 296 g/mol. The summed E-state index contributed by atoms with van der Waals surface area (Å²) >= 11 is 6.23. The maximum absolute atomic E-state index is 9.36. The summed E-state index contributed by atoms with van der Waals surface area (Å²) in [6, 6.07) is 13.9. The first-order valence-electron chi connectivity index (χ1n) is 6.85. The summed E-state index contributed by atoms with van der Waals surface area (Å²) in [5.74, 6) is 0.821. The first-order valence-corrected chi connectivity index (χ1v) is 7.23. The predicted octanol–water partition coefficient (Wildman–Crippen LogP) is 4.04. The number of hydrogen-bond acceptors (Lipinski definition) is 3. The third kappa shape index (κ3) is 2.76. The van der Waals surface area contributed by atoms with Crippen LogP contribution in [0, 0.1) is 11.3 Å². The van der Waals surface area contributed by atoms with Crippen molar-refractivity contribution in [2.75, 3.05) is 18.0 Å². The van der Waals surface area contributed by atoms with Gasteiger partial charge >= 0.3 is 0 Å². The lowest BCUT2D eigenvalue weighted by Crippen LogP contribution is -2.27. The summed E-state index contributed by atoms with van der Waals surface area (Å²) in [7, 11) is 0. The van der Waals surface area contributed by atoms with E-state index in [0.29, 0.717) is 5.56 Å². The van der Waals surface area contributed by atoms with Gasteiger partial charge in [0, 0.05) is 18.7 Å². The molecule has 1 aliphatic rings. The minimum atomic E-state index is 0.267. The predicted molar refractivity (Wildman–Crippen MR) is 85.4 cm³/mol. The Labute approximate surface area is 129 Å². The molecule has 0 N–H and O–H groups in total. The number of nitriles is 1. The van der Waals surface area contributed by atoms with Crippen LogP contribution in [0.15, 0.2) is 48.6 Å². The van der Waals surface area contributed by atoms with Crippen LogP contribution in [0.1, 0.15) is 12.0 Å². The summed E-state index contributed by atoms with van der Waals surface area (Å²) in [6.07, 6.45) is 5.29. The van der Waals surface area contributed by atoms with E-state index in [1.54, 1.807) is 0 Å². The van der Waals surface area contributed by atoms with Crippen molar-refractivity contribution in [3.63, 3.8) is 0 Å². The molecule has 0 amide bonds. The second-order valence-corrected chi connectivity index (χ2v) is 5.24. The van der Waals surface area contributed by atoms with Gasteiger partial charge < -0.3 is 4.90 Å². The Kier molecular flexibility index (Phi) is 3.89. The number of hydrogen-bond donors (Lipinski definition) is 0. The van der Waals surface area contributed by atoms with E-state index < -0.39 is 0 Å². The summed E-state index contributed by atoms with van der Waals surface area (Å²) in [5, 5.41) is 9.63. The van der Waals surface area contributed by atoms with E-state index in [4.69, 9.17) is 11.6 Å². The van der Waals surface area contributed by atoms with Crippen molar-refractivity contribution in [1.29, 1.82) is 5.26 Å². The molecule has 0 spiro atoms. The third-order valence-corrected chi connectivity index (χ3v) is 3.81. The SMILES string of the molecule is N#Cc1c(-c2ccccc2)cc(N2CC=CCC2)nc1Cl. The molecule has 1 aliphatic heterocycles. The lowest BCUT2D eigenvalue weighted by molar-refractivity contribution is 0.806. The molecule has 1 aromatic carbocycles. The second-order valence-electron chi connectivity index (χ2n) is 4.88. The molecule has 3 rings (SSSR count). The maximum Gasteiger partial charge on any atom is 0.149 e. The van der Waals surface area contributed by atoms with Crippen molar-refractivity contribution in [3.8, 4) is 17.2 Å². The molecule has 0 atom stereocenters. The molecule has 0 fully saturated rings. The van der Waals surface area contributed by atoms with Crippen molar-refractivity contribution in [2.45, 2.75) is 6.42 Å². The molecule has 4 heteroatoms. The van der Waals surface area contributed by atoms with Crippen LogP contribution in [0.5, 0.6) is 0 Å². The van der Waals surface area contributed by atoms with E-state index in [-0.39, 0.29) is 5.15 Å². The van der Waals surface area contributed by atoms with E-state index in [2.05, 4.69) is 28.1 Å². The Hall–Kier alpha value is -2.31.